The van der Waals surface area contributed by atoms with E-state index in [-0.39, 0.29) is 5.91 Å². The smallest absolute Gasteiger partial charge is 0.253 e. The number of ether oxygens (including phenoxy) is 1. The third-order valence-corrected chi connectivity index (χ3v) is 4.31. The van der Waals surface area contributed by atoms with Gasteiger partial charge in [0.2, 0.25) is 0 Å². The first-order valence-corrected chi connectivity index (χ1v) is 7.77. The molecule has 1 aliphatic rings. The Hall–Kier alpha value is -2.07. The van der Waals surface area contributed by atoms with E-state index in [0.717, 1.165) is 37.1 Å². The highest BCUT2D eigenvalue weighted by Gasteiger charge is 2.24. The van der Waals surface area contributed by atoms with Gasteiger partial charge in [-0.25, -0.2) is 0 Å². The van der Waals surface area contributed by atoms with Crippen LogP contribution in [0, 0.1) is 0 Å². The van der Waals surface area contributed by atoms with Gasteiger partial charge in [-0.15, -0.1) is 0 Å². The summed E-state index contributed by atoms with van der Waals surface area (Å²) in [5.74, 6) is 0.134. The Morgan fingerprint density at radius 3 is 2.36 bits per heavy atom. The van der Waals surface area contributed by atoms with E-state index < -0.39 is 0 Å². The van der Waals surface area contributed by atoms with Crippen molar-refractivity contribution in [2.24, 2.45) is 0 Å². The fourth-order valence-corrected chi connectivity index (χ4v) is 3.05. The molecule has 0 unspecified atom stereocenters. The maximum atomic E-state index is 12.5. The highest BCUT2D eigenvalue weighted by atomic mass is 16.5. The molecule has 3 rings (SSSR count). The van der Waals surface area contributed by atoms with E-state index in [1.807, 2.05) is 29.2 Å². The number of benzene rings is 1. The summed E-state index contributed by atoms with van der Waals surface area (Å²) in [6.45, 7) is 2.22. The van der Waals surface area contributed by atoms with Crippen LogP contribution in [0.25, 0.3) is 0 Å². The van der Waals surface area contributed by atoms with Crippen LogP contribution in [0.1, 0.15) is 34.8 Å². The van der Waals surface area contributed by atoms with Gasteiger partial charge in [-0.3, -0.25) is 4.79 Å². The van der Waals surface area contributed by atoms with Gasteiger partial charge in [-0.05, 0) is 42.7 Å². The van der Waals surface area contributed by atoms with Gasteiger partial charge in [-0.2, -0.15) is 0 Å². The number of rotatable bonds is 4. The lowest BCUT2D eigenvalue weighted by Gasteiger charge is -2.32. The van der Waals surface area contributed by atoms with Crippen molar-refractivity contribution in [3.8, 4) is 0 Å². The molecule has 0 spiro atoms. The van der Waals surface area contributed by atoms with Crippen LogP contribution < -0.4 is 0 Å². The van der Waals surface area contributed by atoms with E-state index in [2.05, 4.69) is 29.1 Å². The fourth-order valence-electron chi connectivity index (χ4n) is 3.05. The zero-order valence-electron chi connectivity index (χ0n) is 12.9. The lowest BCUT2D eigenvalue weighted by molar-refractivity contribution is 0.0694. The molecule has 4 nitrogen and oxygen atoms in total. The van der Waals surface area contributed by atoms with Crippen molar-refractivity contribution < 1.29 is 9.53 Å². The first-order valence-electron chi connectivity index (χ1n) is 7.77. The molecule has 0 atom stereocenters. The molecule has 1 aliphatic heterocycles. The Morgan fingerprint density at radius 2 is 1.77 bits per heavy atom. The second-order valence-corrected chi connectivity index (χ2v) is 5.78. The number of piperidine rings is 1. The minimum atomic E-state index is 0.134. The SMILES string of the molecule is COCc1ccc(C(=O)N2CCC(n3cccc3)CC2)cc1. The summed E-state index contributed by atoms with van der Waals surface area (Å²) in [5.41, 5.74) is 1.85. The van der Waals surface area contributed by atoms with Gasteiger partial charge in [0.25, 0.3) is 5.91 Å². The molecule has 0 aliphatic carbocycles. The van der Waals surface area contributed by atoms with Gasteiger partial charge >= 0.3 is 0 Å². The molecule has 1 fully saturated rings. The molecular weight excluding hydrogens is 276 g/mol. The quantitative estimate of drug-likeness (QED) is 0.869. The van der Waals surface area contributed by atoms with Gasteiger partial charge in [0.15, 0.2) is 0 Å². The van der Waals surface area contributed by atoms with Crippen LogP contribution in [0.5, 0.6) is 0 Å². The summed E-state index contributed by atoms with van der Waals surface area (Å²) in [7, 11) is 1.67. The molecule has 116 valence electrons. The van der Waals surface area contributed by atoms with Crippen LogP contribution in [0.15, 0.2) is 48.8 Å². The number of methoxy groups -OCH3 is 1. The summed E-state index contributed by atoms with van der Waals surface area (Å²) >= 11 is 0. The summed E-state index contributed by atoms with van der Waals surface area (Å²) in [6.07, 6.45) is 6.25. The number of hydrogen-bond acceptors (Lipinski definition) is 2. The van der Waals surface area contributed by atoms with Crippen molar-refractivity contribution in [2.45, 2.75) is 25.5 Å². The maximum absolute atomic E-state index is 12.5. The first-order chi connectivity index (χ1) is 10.8. The molecule has 1 aromatic heterocycles. The average molecular weight is 298 g/mol. The van der Waals surface area contributed by atoms with Crippen LogP contribution in [-0.4, -0.2) is 35.6 Å². The number of amides is 1. The van der Waals surface area contributed by atoms with Crippen molar-refractivity contribution in [3.63, 3.8) is 0 Å². The number of nitrogens with zero attached hydrogens (tertiary/aromatic N) is 2. The summed E-state index contributed by atoms with van der Waals surface area (Å²) in [5, 5.41) is 0. The van der Waals surface area contributed by atoms with Crippen LogP contribution in [0.2, 0.25) is 0 Å². The predicted octanol–water partition coefficient (Wildman–Crippen LogP) is 3.11. The Labute approximate surface area is 131 Å². The van der Waals surface area contributed by atoms with Gasteiger partial charge < -0.3 is 14.2 Å². The molecule has 4 heteroatoms. The third kappa shape index (κ3) is 3.22. The van der Waals surface area contributed by atoms with E-state index in [9.17, 15) is 4.79 Å². The van der Waals surface area contributed by atoms with Crippen LogP contribution >= 0.6 is 0 Å². The zero-order valence-corrected chi connectivity index (χ0v) is 12.9. The van der Waals surface area contributed by atoms with E-state index in [1.54, 1.807) is 7.11 Å². The van der Waals surface area contributed by atoms with E-state index >= 15 is 0 Å². The normalized spacial score (nSPS) is 16.0. The third-order valence-electron chi connectivity index (χ3n) is 4.31. The van der Waals surface area contributed by atoms with Gasteiger partial charge in [0.05, 0.1) is 6.61 Å². The first kappa shape index (κ1) is 14.9. The molecule has 22 heavy (non-hydrogen) atoms. The second kappa shape index (κ2) is 6.79. The zero-order chi connectivity index (χ0) is 15.4. The summed E-state index contributed by atoms with van der Waals surface area (Å²) < 4.78 is 7.35. The minimum Gasteiger partial charge on any atom is -0.380 e. The van der Waals surface area contributed by atoms with E-state index in [4.69, 9.17) is 4.74 Å². The molecule has 1 saturated heterocycles. The molecule has 2 aromatic rings. The largest absolute Gasteiger partial charge is 0.380 e. The predicted molar refractivity (Wildman–Crippen MR) is 85.8 cm³/mol. The van der Waals surface area contributed by atoms with Crippen LogP contribution in [0.4, 0.5) is 0 Å². The van der Waals surface area contributed by atoms with Crippen molar-refractivity contribution >= 4 is 5.91 Å². The molecule has 1 aromatic carbocycles. The molecule has 0 radical (unpaired) electrons. The Bertz CT molecular complexity index is 597. The molecule has 1 amide bonds. The Kier molecular flexibility index (Phi) is 4.59. The van der Waals surface area contributed by atoms with Crippen molar-refractivity contribution in [2.75, 3.05) is 20.2 Å². The molecule has 2 heterocycles. The van der Waals surface area contributed by atoms with Crippen molar-refractivity contribution in [1.82, 2.24) is 9.47 Å². The summed E-state index contributed by atoms with van der Waals surface area (Å²) in [6, 6.07) is 12.3. The molecule has 0 N–H and O–H groups in total. The molecule has 0 saturated carbocycles. The van der Waals surface area contributed by atoms with Crippen LogP contribution in [0.3, 0.4) is 0 Å². The lowest BCUT2D eigenvalue weighted by Crippen LogP contribution is -2.38. The van der Waals surface area contributed by atoms with Gasteiger partial charge in [0.1, 0.15) is 0 Å². The Morgan fingerprint density at radius 1 is 1.14 bits per heavy atom. The molecule has 0 bridgehead atoms. The maximum Gasteiger partial charge on any atom is 0.253 e. The van der Waals surface area contributed by atoms with Crippen LogP contribution in [-0.2, 0) is 11.3 Å². The average Bonchev–Trinajstić information content (AvgIpc) is 3.10. The number of likely N-dealkylation sites (tertiary alicyclic amines) is 1. The van der Waals surface area contributed by atoms with E-state index in [0.29, 0.717) is 12.6 Å². The minimum absolute atomic E-state index is 0.134. The van der Waals surface area contributed by atoms with Crippen molar-refractivity contribution in [1.29, 1.82) is 0 Å². The van der Waals surface area contributed by atoms with Crippen molar-refractivity contribution in [3.05, 3.63) is 59.9 Å². The number of aromatic nitrogens is 1. The van der Waals surface area contributed by atoms with Gasteiger partial charge in [-0.1, -0.05) is 12.1 Å². The standard InChI is InChI=1S/C18H22N2O2/c1-22-14-15-4-6-16(7-5-15)18(21)20-12-8-17(9-13-20)19-10-2-3-11-19/h2-7,10-11,17H,8-9,12-14H2,1H3. The topological polar surface area (TPSA) is 34.5 Å². The lowest BCUT2D eigenvalue weighted by atomic mass is 10.0. The monoisotopic (exact) mass is 298 g/mol. The number of hydrogen-bond donors (Lipinski definition) is 0. The Balaban J connectivity index is 1.59. The highest BCUT2D eigenvalue weighted by Crippen LogP contribution is 2.23. The molecular formula is C18H22N2O2. The number of carbonyl (C=O) groups is 1. The second-order valence-electron chi connectivity index (χ2n) is 5.78. The van der Waals surface area contributed by atoms with Gasteiger partial charge in [0, 0.05) is 44.2 Å². The number of carbonyl (C=O) groups excluding carboxylic acids is 1. The fraction of sp³-hybridized carbons (Fsp3) is 0.389. The van der Waals surface area contributed by atoms with E-state index in [1.165, 1.54) is 0 Å². The highest BCUT2D eigenvalue weighted by molar-refractivity contribution is 5.94. The summed E-state index contributed by atoms with van der Waals surface area (Å²) in [4.78, 5) is 14.5.